The van der Waals surface area contributed by atoms with Crippen LogP contribution in [-0.2, 0) is 20.3 Å². The van der Waals surface area contributed by atoms with Crippen LogP contribution in [0, 0.1) is 5.92 Å². The second-order valence-electron chi connectivity index (χ2n) is 4.53. The molecule has 1 N–H and O–H groups in total. The minimum absolute atomic E-state index is 0.0743. The molecule has 1 aliphatic rings. The van der Waals surface area contributed by atoms with Crippen LogP contribution < -0.4 is 5.32 Å². The van der Waals surface area contributed by atoms with Crippen molar-refractivity contribution in [1.82, 2.24) is 5.32 Å². The molecule has 0 radical (unpaired) electrons. The summed E-state index contributed by atoms with van der Waals surface area (Å²) >= 11 is 1.04. The van der Waals surface area contributed by atoms with Gasteiger partial charge in [0, 0.05) is 21.6 Å². The number of halogens is 1. The standard InChI is InChI=1S/C11H14ClNO3S2/c1-7(8-2-3-8)13-10(14)6-9-4-5-11(17-9)18(12,15)16/h4-5,7-8H,2-3,6H2,1H3,(H,13,14). The summed E-state index contributed by atoms with van der Waals surface area (Å²) in [5, 5.41) is 2.92. The third-order valence-electron chi connectivity index (χ3n) is 2.93. The Balaban J connectivity index is 1.92. The van der Waals surface area contributed by atoms with Gasteiger partial charge in [0.1, 0.15) is 4.21 Å². The van der Waals surface area contributed by atoms with Crippen LogP contribution in [0.3, 0.4) is 0 Å². The molecule has 1 saturated carbocycles. The molecule has 100 valence electrons. The molecule has 18 heavy (non-hydrogen) atoms. The van der Waals surface area contributed by atoms with Gasteiger partial charge in [-0.1, -0.05) is 0 Å². The molecule has 0 spiro atoms. The van der Waals surface area contributed by atoms with Crippen LogP contribution in [0.1, 0.15) is 24.6 Å². The van der Waals surface area contributed by atoms with E-state index in [1.54, 1.807) is 6.07 Å². The largest absolute Gasteiger partial charge is 0.353 e. The Morgan fingerprint density at radius 1 is 1.56 bits per heavy atom. The number of amides is 1. The van der Waals surface area contributed by atoms with Crippen molar-refractivity contribution in [3.63, 3.8) is 0 Å². The molecule has 1 aromatic rings. The van der Waals surface area contributed by atoms with Gasteiger partial charge in [-0.15, -0.1) is 11.3 Å². The lowest BCUT2D eigenvalue weighted by molar-refractivity contribution is -0.121. The lowest BCUT2D eigenvalue weighted by atomic mass is 10.2. The van der Waals surface area contributed by atoms with Crippen molar-refractivity contribution in [3.8, 4) is 0 Å². The lowest BCUT2D eigenvalue weighted by Gasteiger charge is -2.11. The average Bonchev–Trinajstić information content (AvgIpc) is 2.98. The molecule has 2 rings (SSSR count). The maximum absolute atomic E-state index is 11.7. The van der Waals surface area contributed by atoms with Gasteiger partial charge in [0.25, 0.3) is 9.05 Å². The zero-order valence-corrected chi connectivity index (χ0v) is 12.2. The molecule has 0 aromatic carbocycles. The highest BCUT2D eigenvalue weighted by Gasteiger charge is 2.28. The van der Waals surface area contributed by atoms with E-state index in [2.05, 4.69) is 5.32 Å². The molecule has 4 nitrogen and oxygen atoms in total. The Morgan fingerprint density at radius 2 is 2.22 bits per heavy atom. The van der Waals surface area contributed by atoms with Crippen molar-refractivity contribution in [1.29, 1.82) is 0 Å². The number of carbonyl (C=O) groups is 1. The topological polar surface area (TPSA) is 63.2 Å². The Bertz CT molecular complexity index is 548. The summed E-state index contributed by atoms with van der Waals surface area (Å²) in [6.45, 7) is 2.00. The second kappa shape index (κ2) is 5.19. The number of rotatable bonds is 5. The van der Waals surface area contributed by atoms with Gasteiger partial charge in [-0.2, -0.15) is 0 Å². The molecule has 7 heteroatoms. The highest BCUT2D eigenvalue weighted by molar-refractivity contribution is 8.15. The summed E-state index contributed by atoms with van der Waals surface area (Å²) in [5.74, 6) is 0.533. The van der Waals surface area contributed by atoms with Gasteiger partial charge in [-0.25, -0.2) is 8.42 Å². The highest BCUT2D eigenvalue weighted by Crippen LogP contribution is 2.32. The number of nitrogens with one attached hydrogen (secondary N) is 1. The minimum atomic E-state index is -3.69. The van der Waals surface area contributed by atoms with Gasteiger partial charge in [0.15, 0.2) is 0 Å². The smallest absolute Gasteiger partial charge is 0.270 e. The molecule has 0 saturated heterocycles. The zero-order valence-electron chi connectivity index (χ0n) is 9.85. The second-order valence-corrected chi connectivity index (χ2v) is 8.49. The Labute approximate surface area is 115 Å². The van der Waals surface area contributed by atoms with Crippen molar-refractivity contribution in [2.45, 2.75) is 36.4 Å². The van der Waals surface area contributed by atoms with Crippen molar-refractivity contribution < 1.29 is 13.2 Å². The zero-order chi connectivity index (χ0) is 13.3. The van der Waals surface area contributed by atoms with Crippen molar-refractivity contribution in [3.05, 3.63) is 17.0 Å². The predicted molar refractivity (Wildman–Crippen MR) is 71.4 cm³/mol. The molecule has 1 unspecified atom stereocenters. The van der Waals surface area contributed by atoms with Gasteiger partial charge >= 0.3 is 0 Å². The van der Waals surface area contributed by atoms with Crippen molar-refractivity contribution in [2.75, 3.05) is 0 Å². The van der Waals surface area contributed by atoms with Crippen molar-refractivity contribution >= 4 is 37.0 Å². The van der Waals surface area contributed by atoms with E-state index < -0.39 is 9.05 Å². The van der Waals surface area contributed by atoms with Crippen LogP contribution in [0.2, 0.25) is 0 Å². The fourth-order valence-corrected chi connectivity index (χ4v) is 3.88. The third-order valence-corrected chi connectivity index (χ3v) is 6.11. The molecule has 1 aromatic heterocycles. The lowest BCUT2D eigenvalue weighted by Crippen LogP contribution is -2.34. The predicted octanol–water partition coefficient (Wildman–Crippen LogP) is 2.13. The fraction of sp³-hybridized carbons (Fsp3) is 0.545. The maximum Gasteiger partial charge on any atom is 0.270 e. The fourth-order valence-electron chi connectivity index (χ4n) is 1.76. The van der Waals surface area contributed by atoms with Gasteiger partial charge in [0.05, 0.1) is 6.42 Å². The molecule has 1 amide bonds. The van der Waals surface area contributed by atoms with Crippen LogP contribution >= 0.6 is 22.0 Å². The van der Waals surface area contributed by atoms with E-state index in [4.69, 9.17) is 10.7 Å². The Morgan fingerprint density at radius 3 is 2.72 bits per heavy atom. The Hall–Kier alpha value is -0.590. The van der Waals surface area contributed by atoms with E-state index in [-0.39, 0.29) is 22.6 Å². The maximum atomic E-state index is 11.7. The van der Waals surface area contributed by atoms with Gasteiger partial charge in [-0.05, 0) is 37.8 Å². The number of carbonyl (C=O) groups excluding carboxylic acids is 1. The van der Waals surface area contributed by atoms with Crippen molar-refractivity contribution in [2.24, 2.45) is 5.92 Å². The SMILES string of the molecule is CC(NC(=O)Cc1ccc(S(=O)(=O)Cl)s1)C1CC1. The molecule has 1 atom stereocenters. The van der Waals surface area contributed by atoms with E-state index in [1.807, 2.05) is 6.92 Å². The normalized spacial score (nSPS) is 17.4. The van der Waals surface area contributed by atoms with Gasteiger partial charge in [-0.3, -0.25) is 4.79 Å². The van der Waals surface area contributed by atoms with E-state index in [9.17, 15) is 13.2 Å². The van der Waals surface area contributed by atoms with Crippen LogP contribution in [0.15, 0.2) is 16.3 Å². The minimum Gasteiger partial charge on any atom is -0.353 e. The summed E-state index contributed by atoms with van der Waals surface area (Å²) in [4.78, 5) is 12.4. The molecular weight excluding hydrogens is 294 g/mol. The van der Waals surface area contributed by atoms with Crippen LogP contribution in [0.25, 0.3) is 0 Å². The number of thiophene rings is 1. The molecule has 0 bridgehead atoms. The average molecular weight is 308 g/mol. The van der Waals surface area contributed by atoms with Crippen LogP contribution in [0.5, 0.6) is 0 Å². The highest BCUT2D eigenvalue weighted by atomic mass is 35.7. The molecule has 1 heterocycles. The first-order valence-corrected chi connectivity index (χ1v) is 8.81. The first kappa shape index (κ1) is 13.8. The summed E-state index contributed by atoms with van der Waals surface area (Å²) in [6, 6.07) is 3.26. The summed E-state index contributed by atoms with van der Waals surface area (Å²) in [5.41, 5.74) is 0. The monoisotopic (exact) mass is 307 g/mol. The van der Waals surface area contributed by atoms with Crippen LogP contribution in [0.4, 0.5) is 0 Å². The first-order valence-electron chi connectivity index (χ1n) is 5.69. The number of hydrogen-bond donors (Lipinski definition) is 1. The molecule has 0 aliphatic heterocycles. The quantitative estimate of drug-likeness (QED) is 0.848. The van der Waals surface area contributed by atoms with Gasteiger partial charge < -0.3 is 5.32 Å². The summed E-state index contributed by atoms with van der Waals surface area (Å²) in [6.07, 6.45) is 2.55. The van der Waals surface area contributed by atoms with E-state index in [1.165, 1.54) is 18.9 Å². The van der Waals surface area contributed by atoms with Crippen LogP contribution in [-0.4, -0.2) is 20.4 Å². The first-order chi connectivity index (χ1) is 8.36. The van der Waals surface area contributed by atoms with E-state index in [0.717, 1.165) is 11.3 Å². The van der Waals surface area contributed by atoms with E-state index in [0.29, 0.717) is 10.8 Å². The van der Waals surface area contributed by atoms with E-state index >= 15 is 0 Å². The summed E-state index contributed by atoms with van der Waals surface area (Å²) < 4.78 is 22.3. The Kier molecular flexibility index (Phi) is 3.99. The summed E-state index contributed by atoms with van der Waals surface area (Å²) in [7, 11) is 1.54. The molecule has 1 fully saturated rings. The molecule has 1 aliphatic carbocycles. The molecular formula is C11H14ClNO3S2. The third kappa shape index (κ3) is 3.70. The number of hydrogen-bond acceptors (Lipinski definition) is 4. The van der Waals surface area contributed by atoms with Gasteiger partial charge in [0.2, 0.25) is 5.91 Å².